The summed E-state index contributed by atoms with van der Waals surface area (Å²) in [6, 6.07) is 12.8. The largest absolute Gasteiger partial charge is 0.507 e. The molecule has 2 aromatic rings. The van der Waals surface area contributed by atoms with Crippen LogP contribution in [0.4, 0.5) is 5.69 Å². The van der Waals surface area contributed by atoms with Gasteiger partial charge in [-0.05, 0) is 30.7 Å². The molecule has 0 heterocycles. The highest BCUT2D eigenvalue weighted by Gasteiger charge is 2.05. The zero-order chi connectivity index (χ0) is 13.8. The lowest BCUT2D eigenvalue weighted by Gasteiger charge is -2.10. The summed E-state index contributed by atoms with van der Waals surface area (Å²) >= 11 is 5.87. The highest BCUT2D eigenvalue weighted by atomic mass is 35.5. The highest BCUT2D eigenvalue weighted by molar-refractivity contribution is 6.31. The van der Waals surface area contributed by atoms with E-state index in [1.807, 2.05) is 31.2 Å². The van der Waals surface area contributed by atoms with E-state index in [1.165, 1.54) is 0 Å². The number of halogens is 1. The first-order valence-electron chi connectivity index (χ1n) is 5.83. The van der Waals surface area contributed by atoms with E-state index in [1.54, 1.807) is 18.2 Å². The van der Waals surface area contributed by atoms with Crippen molar-refractivity contribution in [2.75, 3.05) is 5.32 Å². The maximum atomic E-state index is 9.91. The van der Waals surface area contributed by atoms with E-state index in [-0.39, 0.29) is 0 Å². The number of benzene rings is 2. The number of aromatic hydroxyl groups is 1. The lowest BCUT2D eigenvalue weighted by Crippen LogP contribution is -2.00. The number of aryl methyl sites for hydroxylation is 1. The smallest absolute Gasteiger partial charge is 0.123 e. The monoisotopic (exact) mass is 272 g/mol. The van der Waals surface area contributed by atoms with E-state index in [9.17, 15) is 5.11 Å². The average Bonchev–Trinajstić information content (AvgIpc) is 2.42. The van der Waals surface area contributed by atoms with Crippen molar-refractivity contribution in [1.82, 2.24) is 0 Å². The van der Waals surface area contributed by atoms with Crippen molar-refractivity contribution in [1.29, 1.82) is 5.26 Å². The summed E-state index contributed by atoms with van der Waals surface area (Å²) in [7, 11) is 0. The maximum Gasteiger partial charge on any atom is 0.123 e. The van der Waals surface area contributed by atoms with Crippen molar-refractivity contribution in [2.45, 2.75) is 13.5 Å². The van der Waals surface area contributed by atoms with Gasteiger partial charge in [-0.1, -0.05) is 29.8 Å². The topological polar surface area (TPSA) is 56.0 Å². The molecule has 0 saturated carbocycles. The van der Waals surface area contributed by atoms with Crippen LogP contribution in [0.15, 0.2) is 36.4 Å². The molecule has 19 heavy (non-hydrogen) atoms. The second-order valence-corrected chi connectivity index (χ2v) is 4.65. The molecule has 0 atom stereocenters. The van der Waals surface area contributed by atoms with Crippen LogP contribution in [0.1, 0.15) is 16.7 Å². The van der Waals surface area contributed by atoms with E-state index in [4.69, 9.17) is 16.9 Å². The molecule has 0 fully saturated rings. The van der Waals surface area contributed by atoms with Crippen LogP contribution in [-0.4, -0.2) is 5.11 Å². The van der Waals surface area contributed by atoms with Crippen molar-refractivity contribution in [2.24, 2.45) is 0 Å². The number of anilines is 1. The fourth-order valence-corrected chi connectivity index (χ4v) is 1.94. The van der Waals surface area contributed by atoms with Gasteiger partial charge in [-0.3, -0.25) is 0 Å². The molecule has 4 heteroatoms. The molecular weight excluding hydrogens is 260 g/mol. The van der Waals surface area contributed by atoms with E-state index >= 15 is 0 Å². The molecular formula is C15H13ClN2O. The Bertz CT molecular complexity index is 647. The van der Waals surface area contributed by atoms with Crippen LogP contribution >= 0.6 is 11.6 Å². The molecule has 0 bridgehead atoms. The Morgan fingerprint density at radius 2 is 2.11 bits per heavy atom. The molecule has 0 aliphatic carbocycles. The molecule has 2 aromatic carbocycles. The van der Waals surface area contributed by atoms with Gasteiger partial charge in [0, 0.05) is 17.8 Å². The summed E-state index contributed by atoms with van der Waals surface area (Å²) in [5.74, 6) is 0.296. The minimum atomic E-state index is 0.296. The Labute approximate surface area is 117 Å². The summed E-state index contributed by atoms with van der Waals surface area (Å²) in [6.45, 7) is 2.34. The number of para-hydroxylation sites is 1. The normalized spacial score (nSPS) is 9.95. The number of nitriles is 1. The SMILES string of the molecule is Cc1cccc(CNc2ccc(Cl)c(C#N)c2)c1O. The first-order chi connectivity index (χ1) is 9.11. The molecule has 0 unspecified atom stereocenters. The van der Waals surface area contributed by atoms with Gasteiger partial charge in [0.15, 0.2) is 0 Å². The van der Waals surface area contributed by atoms with Gasteiger partial charge >= 0.3 is 0 Å². The molecule has 2 N–H and O–H groups in total. The van der Waals surface area contributed by atoms with Crippen LogP contribution in [-0.2, 0) is 6.54 Å². The van der Waals surface area contributed by atoms with Crippen molar-refractivity contribution in [3.63, 3.8) is 0 Å². The Morgan fingerprint density at radius 3 is 2.84 bits per heavy atom. The van der Waals surface area contributed by atoms with Crippen LogP contribution < -0.4 is 5.32 Å². The quantitative estimate of drug-likeness (QED) is 0.893. The molecule has 0 aromatic heterocycles. The fourth-order valence-electron chi connectivity index (χ4n) is 1.78. The van der Waals surface area contributed by atoms with Crippen molar-refractivity contribution >= 4 is 17.3 Å². The molecule has 0 spiro atoms. The molecule has 0 saturated heterocycles. The molecule has 0 aliphatic rings. The van der Waals surface area contributed by atoms with Crippen LogP contribution in [0, 0.1) is 18.3 Å². The Hall–Kier alpha value is -2.18. The lowest BCUT2D eigenvalue weighted by molar-refractivity contribution is 0.465. The average molecular weight is 273 g/mol. The van der Waals surface area contributed by atoms with Crippen molar-refractivity contribution < 1.29 is 5.11 Å². The summed E-state index contributed by atoms with van der Waals surface area (Å²) in [5.41, 5.74) is 2.88. The number of nitrogens with zero attached hydrogens (tertiary/aromatic N) is 1. The van der Waals surface area contributed by atoms with Gasteiger partial charge < -0.3 is 10.4 Å². The van der Waals surface area contributed by atoms with E-state index in [2.05, 4.69) is 5.32 Å². The lowest BCUT2D eigenvalue weighted by atomic mass is 10.1. The van der Waals surface area contributed by atoms with Gasteiger partial charge in [0.05, 0.1) is 10.6 Å². The zero-order valence-corrected chi connectivity index (χ0v) is 11.2. The van der Waals surface area contributed by atoms with Crippen LogP contribution in [0.25, 0.3) is 0 Å². The van der Waals surface area contributed by atoms with Crippen molar-refractivity contribution in [3.8, 4) is 11.8 Å². The first kappa shape index (κ1) is 13.3. The van der Waals surface area contributed by atoms with E-state index < -0.39 is 0 Å². The van der Waals surface area contributed by atoms with Gasteiger partial charge in [0.2, 0.25) is 0 Å². The third-order valence-electron chi connectivity index (χ3n) is 2.89. The Kier molecular flexibility index (Phi) is 3.94. The van der Waals surface area contributed by atoms with Gasteiger partial charge in [-0.15, -0.1) is 0 Å². The number of rotatable bonds is 3. The third-order valence-corrected chi connectivity index (χ3v) is 3.22. The second kappa shape index (κ2) is 5.64. The highest BCUT2D eigenvalue weighted by Crippen LogP contribution is 2.24. The minimum Gasteiger partial charge on any atom is -0.507 e. The predicted octanol–water partition coefficient (Wildman–Crippen LogP) is 3.84. The van der Waals surface area contributed by atoms with Gasteiger partial charge in [-0.25, -0.2) is 0 Å². The molecule has 2 rings (SSSR count). The maximum absolute atomic E-state index is 9.91. The molecule has 3 nitrogen and oxygen atoms in total. The minimum absolute atomic E-state index is 0.296. The van der Waals surface area contributed by atoms with Crippen LogP contribution in [0.2, 0.25) is 5.02 Å². The third kappa shape index (κ3) is 2.98. The fraction of sp³-hybridized carbons (Fsp3) is 0.133. The first-order valence-corrected chi connectivity index (χ1v) is 6.20. The van der Waals surface area contributed by atoms with Crippen molar-refractivity contribution in [3.05, 3.63) is 58.1 Å². The molecule has 0 radical (unpaired) electrons. The number of hydrogen-bond donors (Lipinski definition) is 2. The number of phenolic OH excluding ortho intramolecular Hbond substituents is 1. The zero-order valence-electron chi connectivity index (χ0n) is 10.4. The van der Waals surface area contributed by atoms with E-state index in [0.717, 1.165) is 16.8 Å². The Morgan fingerprint density at radius 1 is 1.32 bits per heavy atom. The summed E-state index contributed by atoms with van der Waals surface area (Å²) < 4.78 is 0. The van der Waals surface area contributed by atoms with Crippen LogP contribution in [0.3, 0.4) is 0 Å². The summed E-state index contributed by atoms with van der Waals surface area (Å²) in [5, 5.41) is 22.4. The summed E-state index contributed by atoms with van der Waals surface area (Å²) in [6.07, 6.45) is 0. The molecule has 0 aliphatic heterocycles. The second-order valence-electron chi connectivity index (χ2n) is 4.24. The standard InChI is InChI=1S/C15H13ClN2O/c1-10-3-2-4-11(15(10)19)9-18-13-5-6-14(16)12(7-13)8-17/h2-7,18-19H,9H2,1H3. The number of hydrogen-bond acceptors (Lipinski definition) is 3. The molecule has 96 valence electrons. The number of phenols is 1. The predicted molar refractivity (Wildman–Crippen MR) is 76.3 cm³/mol. The molecule has 0 amide bonds. The van der Waals surface area contributed by atoms with Gasteiger partial charge in [-0.2, -0.15) is 5.26 Å². The van der Waals surface area contributed by atoms with Gasteiger partial charge in [0.1, 0.15) is 11.8 Å². The van der Waals surface area contributed by atoms with E-state index in [0.29, 0.717) is 22.9 Å². The Balaban J connectivity index is 2.15. The van der Waals surface area contributed by atoms with Gasteiger partial charge in [0.25, 0.3) is 0 Å². The number of nitrogens with one attached hydrogen (secondary N) is 1. The van der Waals surface area contributed by atoms with Crippen LogP contribution in [0.5, 0.6) is 5.75 Å². The summed E-state index contributed by atoms with van der Waals surface area (Å²) in [4.78, 5) is 0.